The van der Waals surface area contributed by atoms with Crippen LogP contribution in [0.3, 0.4) is 0 Å². The van der Waals surface area contributed by atoms with Crippen LogP contribution >= 0.6 is 0 Å². The van der Waals surface area contributed by atoms with Crippen LogP contribution in [0.4, 0.5) is 5.69 Å². The molecule has 4 aromatic rings. The van der Waals surface area contributed by atoms with Crippen LogP contribution in [0.2, 0.25) is 0 Å². The molecule has 0 saturated heterocycles. The van der Waals surface area contributed by atoms with Gasteiger partial charge in [0.05, 0.1) is 30.2 Å². The molecule has 1 aromatic heterocycles. The Morgan fingerprint density at radius 1 is 1.12 bits per heavy atom. The number of ether oxygens (including phenoxy) is 2. The van der Waals surface area contributed by atoms with Crippen molar-refractivity contribution >= 4 is 38.6 Å². The number of hydrogen-bond donors (Lipinski definition) is 2. The van der Waals surface area contributed by atoms with Gasteiger partial charge < -0.3 is 24.9 Å². The molecule has 42 heavy (non-hydrogen) atoms. The van der Waals surface area contributed by atoms with Crippen LogP contribution in [-0.2, 0) is 24.3 Å². The molecule has 0 fully saturated rings. The average Bonchev–Trinajstić information content (AvgIpc) is 3.28. The van der Waals surface area contributed by atoms with E-state index in [9.17, 15) is 18.0 Å². The number of carbonyl (C=O) groups is 2. The number of fused-ring (bicyclic) bond motifs is 2. The second-order valence-corrected chi connectivity index (χ2v) is 12.3. The van der Waals surface area contributed by atoms with Crippen LogP contribution < -0.4 is 15.4 Å². The van der Waals surface area contributed by atoms with Gasteiger partial charge in [-0.05, 0) is 25.5 Å². The zero-order chi connectivity index (χ0) is 30.2. The minimum Gasteiger partial charge on any atom is -0.461 e. The van der Waals surface area contributed by atoms with Crippen molar-refractivity contribution in [2.45, 2.75) is 32.1 Å². The van der Waals surface area contributed by atoms with Crippen molar-refractivity contribution in [2.24, 2.45) is 5.73 Å². The lowest BCUT2D eigenvalue weighted by Gasteiger charge is -2.25. The highest BCUT2D eigenvalue weighted by atomic mass is 32.2. The smallest absolute Gasteiger partial charge is 0.327 e. The first kappa shape index (κ1) is 29.3. The number of nitrogens with zero attached hydrogens (tertiary/aromatic N) is 1. The summed E-state index contributed by atoms with van der Waals surface area (Å²) in [7, 11) is -2.26. The van der Waals surface area contributed by atoms with Crippen molar-refractivity contribution in [2.75, 3.05) is 30.8 Å². The van der Waals surface area contributed by atoms with Gasteiger partial charge >= 0.3 is 5.97 Å². The molecule has 0 spiro atoms. The van der Waals surface area contributed by atoms with Gasteiger partial charge in [-0.2, -0.15) is 0 Å². The number of carbonyl (C=O) groups excluding carboxylic acids is 2. The van der Waals surface area contributed by atoms with E-state index in [1.54, 1.807) is 43.3 Å². The van der Waals surface area contributed by atoms with Gasteiger partial charge in [-0.3, -0.25) is 9.10 Å². The van der Waals surface area contributed by atoms with Crippen molar-refractivity contribution in [3.05, 3.63) is 89.0 Å². The molecule has 3 atom stereocenters. The zero-order valence-electron chi connectivity index (χ0n) is 23.8. The van der Waals surface area contributed by atoms with E-state index in [0.717, 1.165) is 11.8 Å². The summed E-state index contributed by atoms with van der Waals surface area (Å²) in [6, 6.07) is 18.8. The minimum atomic E-state index is -3.80. The van der Waals surface area contributed by atoms with Crippen molar-refractivity contribution in [1.29, 1.82) is 0 Å². The Labute approximate surface area is 244 Å². The Morgan fingerprint density at radius 2 is 1.81 bits per heavy atom. The van der Waals surface area contributed by atoms with E-state index in [2.05, 4.69) is 5.32 Å². The zero-order valence-corrected chi connectivity index (χ0v) is 24.6. The number of rotatable bonds is 7. The fraction of sp³-hybridized carbons (Fsp3) is 0.290. The molecular formula is C31H33N3O7S. The summed E-state index contributed by atoms with van der Waals surface area (Å²) in [5.74, 6) is -0.615. The van der Waals surface area contributed by atoms with Gasteiger partial charge in [-0.1, -0.05) is 60.2 Å². The van der Waals surface area contributed by atoms with Gasteiger partial charge in [-0.15, -0.1) is 0 Å². The first-order valence-electron chi connectivity index (χ1n) is 13.5. The number of aryl methyl sites for hydroxylation is 1. The quantitative estimate of drug-likeness (QED) is 0.304. The molecule has 0 bridgehead atoms. The van der Waals surface area contributed by atoms with Crippen LogP contribution in [0.1, 0.15) is 46.1 Å². The third kappa shape index (κ3) is 5.76. The molecule has 1 aliphatic heterocycles. The van der Waals surface area contributed by atoms with Crippen LogP contribution in [-0.4, -0.2) is 52.9 Å². The lowest BCUT2D eigenvalue weighted by molar-refractivity contribution is -0.150. The molecule has 0 radical (unpaired) electrons. The number of furan rings is 1. The van der Waals surface area contributed by atoms with Crippen LogP contribution in [0.25, 0.3) is 22.3 Å². The van der Waals surface area contributed by atoms with Gasteiger partial charge in [0.2, 0.25) is 10.0 Å². The van der Waals surface area contributed by atoms with Crippen molar-refractivity contribution in [1.82, 2.24) is 5.32 Å². The summed E-state index contributed by atoms with van der Waals surface area (Å²) in [6.07, 6.45) is -0.305. The largest absolute Gasteiger partial charge is 0.461 e. The Kier molecular flexibility index (Phi) is 8.09. The summed E-state index contributed by atoms with van der Waals surface area (Å²) in [4.78, 5) is 25.8. The molecule has 1 aliphatic rings. The van der Waals surface area contributed by atoms with Gasteiger partial charge in [-0.25, -0.2) is 13.2 Å². The predicted molar refractivity (Wildman–Crippen MR) is 160 cm³/mol. The van der Waals surface area contributed by atoms with Crippen LogP contribution in [0, 0.1) is 6.92 Å². The molecule has 0 unspecified atom stereocenters. The van der Waals surface area contributed by atoms with E-state index in [4.69, 9.17) is 19.6 Å². The first-order valence-corrected chi connectivity index (χ1v) is 15.3. The molecule has 10 nitrogen and oxygen atoms in total. The molecule has 0 saturated carbocycles. The molecule has 1 amide bonds. The molecule has 11 heteroatoms. The molecule has 2 heterocycles. The van der Waals surface area contributed by atoms with Gasteiger partial charge in [0.25, 0.3) is 5.91 Å². The summed E-state index contributed by atoms with van der Waals surface area (Å²) < 4.78 is 45.2. The van der Waals surface area contributed by atoms with E-state index in [1.807, 2.05) is 37.3 Å². The number of benzene rings is 3. The average molecular weight is 592 g/mol. The highest BCUT2D eigenvalue weighted by Gasteiger charge is 2.34. The highest BCUT2D eigenvalue weighted by Crippen LogP contribution is 2.42. The predicted octanol–water partition coefficient (Wildman–Crippen LogP) is 4.24. The lowest BCUT2D eigenvalue weighted by atomic mass is 10.00. The standard InChI is InChI=1S/C31H33N3O7S/c1-18-10-12-21(13-11-18)29-27(30(35)33-3)24-14-23-19(2)40-22(16-34(42(4,37)38)25(23)15-26(24)41-29)17-39-31(36)28(32)20-8-6-5-7-9-20/h5-15,19,22,28H,16-17,32H2,1-4H3,(H,33,35)/t19-,22-,28-/m0/s1. The summed E-state index contributed by atoms with van der Waals surface area (Å²) in [5, 5.41) is 3.20. The number of esters is 1. The third-order valence-electron chi connectivity index (χ3n) is 7.30. The first-order chi connectivity index (χ1) is 20.0. The summed E-state index contributed by atoms with van der Waals surface area (Å²) in [5.41, 5.74) is 10.0. The summed E-state index contributed by atoms with van der Waals surface area (Å²) in [6.45, 7) is 3.43. The maximum absolute atomic E-state index is 13.1. The van der Waals surface area contributed by atoms with Gasteiger partial charge in [0.15, 0.2) is 0 Å². The Morgan fingerprint density at radius 3 is 2.45 bits per heavy atom. The number of anilines is 1. The highest BCUT2D eigenvalue weighted by molar-refractivity contribution is 7.92. The van der Waals surface area contributed by atoms with Crippen molar-refractivity contribution < 1.29 is 31.9 Å². The second kappa shape index (κ2) is 11.6. The molecule has 220 valence electrons. The van der Waals surface area contributed by atoms with E-state index >= 15 is 0 Å². The van der Waals surface area contributed by atoms with Crippen LogP contribution in [0.15, 0.2) is 71.1 Å². The van der Waals surface area contributed by atoms with Gasteiger partial charge in [0, 0.05) is 29.6 Å². The number of amides is 1. The number of nitrogens with two attached hydrogens (primary N) is 1. The van der Waals surface area contributed by atoms with Crippen LogP contribution in [0.5, 0.6) is 0 Å². The lowest BCUT2D eigenvalue weighted by Crippen LogP contribution is -2.39. The second-order valence-electron chi connectivity index (χ2n) is 10.4. The molecular weight excluding hydrogens is 558 g/mol. The molecule has 5 rings (SSSR count). The normalized spacial score (nSPS) is 17.8. The maximum Gasteiger partial charge on any atom is 0.327 e. The van der Waals surface area contributed by atoms with Crippen molar-refractivity contribution in [3.8, 4) is 11.3 Å². The number of hydrogen-bond acceptors (Lipinski definition) is 8. The fourth-order valence-corrected chi connectivity index (χ4v) is 6.06. The van der Waals surface area contributed by atoms with E-state index < -0.39 is 34.2 Å². The van der Waals surface area contributed by atoms with E-state index in [1.165, 1.54) is 11.4 Å². The Hall–Kier alpha value is -4.19. The third-order valence-corrected chi connectivity index (χ3v) is 8.45. The maximum atomic E-state index is 13.1. The molecule has 3 N–H and O–H groups in total. The monoisotopic (exact) mass is 591 g/mol. The minimum absolute atomic E-state index is 0.108. The summed E-state index contributed by atoms with van der Waals surface area (Å²) >= 11 is 0. The number of sulfonamides is 1. The topological polar surface area (TPSA) is 141 Å². The van der Waals surface area contributed by atoms with E-state index in [-0.39, 0.29) is 19.1 Å². The fourth-order valence-electron chi connectivity index (χ4n) is 5.10. The van der Waals surface area contributed by atoms with Gasteiger partial charge in [0.1, 0.15) is 30.1 Å². The molecule has 3 aromatic carbocycles. The molecule has 0 aliphatic carbocycles. The van der Waals surface area contributed by atoms with Crippen molar-refractivity contribution in [3.63, 3.8) is 0 Å². The Bertz CT molecular complexity index is 1730. The SMILES string of the molecule is CNC(=O)c1c(-c2ccc(C)cc2)oc2cc3c(cc12)[C@H](C)O[C@H](COC(=O)[C@@H](N)c1ccccc1)CN3S(C)(=O)=O. The van der Waals surface area contributed by atoms with E-state index in [0.29, 0.717) is 44.7 Å². The Balaban J connectivity index is 1.51. The number of nitrogens with one attached hydrogen (secondary N) is 1.